The van der Waals surface area contributed by atoms with E-state index in [0.717, 1.165) is 51.3 Å². The molecule has 1 N–H and O–H groups in total. The largest absolute Gasteiger partial charge is 0.383 e. The fourth-order valence-corrected chi connectivity index (χ4v) is 3.66. The van der Waals surface area contributed by atoms with Crippen molar-refractivity contribution in [3.05, 3.63) is 83.9 Å². The topological polar surface area (TPSA) is 90.6 Å². The van der Waals surface area contributed by atoms with Crippen molar-refractivity contribution in [1.29, 1.82) is 0 Å². The molecule has 32 heavy (non-hydrogen) atoms. The van der Waals surface area contributed by atoms with Gasteiger partial charge < -0.3 is 10.1 Å². The number of nitrogens with one attached hydrogen (secondary N) is 1. The summed E-state index contributed by atoms with van der Waals surface area (Å²) >= 11 is 0. The second kappa shape index (κ2) is 9.07. The van der Waals surface area contributed by atoms with E-state index in [1.54, 1.807) is 13.3 Å². The first kappa shape index (κ1) is 20.0. The predicted molar refractivity (Wildman–Crippen MR) is 124 cm³/mol. The maximum absolute atomic E-state index is 5.09. The lowest BCUT2D eigenvalue weighted by atomic mass is 10.1. The number of hydrogen-bond acceptors (Lipinski definition) is 7. The van der Waals surface area contributed by atoms with Gasteiger partial charge in [0.05, 0.1) is 18.7 Å². The molecule has 0 saturated carbocycles. The SMILES string of the molecule is COCCNc1ccnc(Cc2ccc3nnn(Cc4ccc5ncccc5c4)c3n2)c1. The van der Waals surface area contributed by atoms with Gasteiger partial charge in [-0.25, -0.2) is 9.67 Å². The Balaban J connectivity index is 1.37. The maximum Gasteiger partial charge on any atom is 0.179 e. The van der Waals surface area contributed by atoms with Crippen molar-refractivity contribution in [2.24, 2.45) is 0 Å². The lowest BCUT2D eigenvalue weighted by Crippen LogP contribution is -2.08. The van der Waals surface area contributed by atoms with Gasteiger partial charge in [-0.3, -0.25) is 9.97 Å². The zero-order valence-electron chi connectivity index (χ0n) is 17.8. The molecule has 5 aromatic rings. The van der Waals surface area contributed by atoms with Gasteiger partial charge in [-0.1, -0.05) is 17.3 Å². The van der Waals surface area contributed by atoms with Gasteiger partial charge in [0.2, 0.25) is 0 Å². The zero-order valence-corrected chi connectivity index (χ0v) is 17.8. The number of anilines is 1. The summed E-state index contributed by atoms with van der Waals surface area (Å²) in [4.78, 5) is 13.7. The number of rotatable bonds is 8. The predicted octanol–water partition coefficient (Wildman–Crippen LogP) is 3.47. The molecule has 4 heterocycles. The average molecular weight is 425 g/mol. The molecule has 0 radical (unpaired) electrons. The normalized spacial score (nSPS) is 11.3. The lowest BCUT2D eigenvalue weighted by Gasteiger charge is -2.08. The van der Waals surface area contributed by atoms with E-state index in [4.69, 9.17) is 9.72 Å². The Bertz CT molecular complexity index is 1370. The van der Waals surface area contributed by atoms with Crippen molar-refractivity contribution in [1.82, 2.24) is 29.9 Å². The molecule has 0 bridgehead atoms. The van der Waals surface area contributed by atoms with Crippen molar-refractivity contribution < 1.29 is 4.74 Å². The monoisotopic (exact) mass is 425 g/mol. The molecular formula is C24H23N7O. The van der Waals surface area contributed by atoms with Crippen LogP contribution in [0, 0.1) is 0 Å². The quantitative estimate of drug-likeness (QED) is 0.381. The molecule has 0 aliphatic rings. The van der Waals surface area contributed by atoms with Crippen LogP contribution >= 0.6 is 0 Å². The molecular weight excluding hydrogens is 402 g/mol. The number of hydrogen-bond donors (Lipinski definition) is 1. The molecule has 0 unspecified atom stereocenters. The second-order valence-corrected chi connectivity index (χ2v) is 7.56. The van der Waals surface area contributed by atoms with Crippen LogP contribution in [0.5, 0.6) is 0 Å². The molecule has 8 heteroatoms. The first-order valence-electron chi connectivity index (χ1n) is 10.5. The van der Waals surface area contributed by atoms with Gasteiger partial charge in [-0.15, -0.1) is 5.10 Å². The first-order chi connectivity index (χ1) is 15.8. The highest BCUT2D eigenvalue weighted by Gasteiger charge is 2.10. The van der Waals surface area contributed by atoms with Crippen molar-refractivity contribution in [3.63, 3.8) is 0 Å². The summed E-state index contributed by atoms with van der Waals surface area (Å²) in [7, 11) is 1.69. The molecule has 0 aliphatic heterocycles. The van der Waals surface area contributed by atoms with Crippen LogP contribution in [0.25, 0.3) is 22.1 Å². The Hall–Kier alpha value is -3.91. The van der Waals surface area contributed by atoms with E-state index < -0.39 is 0 Å². The minimum atomic E-state index is 0.592. The Morgan fingerprint density at radius 1 is 0.938 bits per heavy atom. The van der Waals surface area contributed by atoms with Crippen LogP contribution < -0.4 is 5.32 Å². The summed E-state index contributed by atoms with van der Waals surface area (Å²) in [6, 6.07) is 18.2. The third-order valence-corrected chi connectivity index (χ3v) is 5.23. The minimum Gasteiger partial charge on any atom is -0.383 e. The van der Waals surface area contributed by atoms with E-state index in [0.29, 0.717) is 19.6 Å². The number of fused-ring (bicyclic) bond motifs is 2. The van der Waals surface area contributed by atoms with Crippen molar-refractivity contribution >= 4 is 27.8 Å². The van der Waals surface area contributed by atoms with Gasteiger partial charge >= 0.3 is 0 Å². The van der Waals surface area contributed by atoms with E-state index in [1.807, 2.05) is 47.3 Å². The number of nitrogens with zero attached hydrogens (tertiary/aromatic N) is 6. The Labute approximate surface area is 185 Å². The highest BCUT2D eigenvalue weighted by molar-refractivity contribution is 5.79. The molecule has 4 aromatic heterocycles. The third-order valence-electron chi connectivity index (χ3n) is 5.23. The summed E-state index contributed by atoms with van der Waals surface area (Å²) in [5.74, 6) is 0. The van der Waals surface area contributed by atoms with Gasteiger partial charge in [0.25, 0.3) is 0 Å². The highest BCUT2D eigenvalue weighted by atomic mass is 16.5. The van der Waals surface area contributed by atoms with Gasteiger partial charge in [-0.05, 0) is 48.0 Å². The number of aromatic nitrogens is 6. The summed E-state index contributed by atoms with van der Waals surface area (Å²) in [5.41, 5.74) is 6.53. The summed E-state index contributed by atoms with van der Waals surface area (Å²) in [6.07, 6.45) is 4.24. The molecule has 0 amide bonds. The number of pyridine rings is 3. The van der Waals surface area contributed by atoms with Crippen LogP contribution in [0.2, 0.25) is 0 Å². The van der Waals surface area contributed by atoms with Gasteiger partial charge in [0.1, 0.15) is 5.52 Å². The third kappa shape index (κ3) is 4.40. The average Bonchev–Trinajstić information content (AvgIpc) is 3.21. The summed E-state index contributed by atoms with van der Waals surface area (Å²) in [6.45, 7) is 2.00. The van der Waals surface area contributed by atoms with Crippen LogP contribution in [-0.4, -0.2) is 50.2 Å². The van der Waals surface area contributed by atoms with Crippen LogP contribution in [0.4, 0.5) is 5.69 Å². The van der Waals surface area contributed by atoms with Crippen molar-refractivity contribution in [2.75, 3.05) is 25.6 Å². The summed E-state index contributed by atoms with van der Waals surface area (Å²) in [5, 5.41) is 13.0. The van der Waals surface area contributed by atoms with Crippen molar-refractivity contribution in [3.8, 4) is 0 Å². The second-order valence-electron chi connectivity index (χ2n) is 7.56. The standard InChI is InChI=1S/C24H23N7O/c1-32-12-11-26-19-8-10-25-21(14-19)15-20-5-7-23-24(28-20)31(30-29-23)16-17-4-6-22-18(13-17)3-2-9-27-22/h2-10,13-14H,11-12,15-16H2,1H3,(H,25,26). The fraction of sp³-hybridized carbons (Fsp3) is 0.208. The Kier molecular flexibility index (Phi) is 5.67. The van der Waals surface area contributed by atoms with Crippen LogP contribution in [-0.2, 0) is 17.7 Å². The van der Waals surface area contributed by atoms with Crippen LogP contribution in [0.1, 0.15) is 17.0 Å². The van der Waals surface area contributed by atoms with Crippen molar-refractivity contribution in [2.45, 2.75) is 13.0 Å². The zero-order chi connectivity index (χ0) is 21.8. The smallest absolute Gasteiger partial charge is 0.179 e. The molecule has 0 aliphatic carbocycles. The van der Waals surface area contributed by atoms with Gasteiger partial charge in [0, 0.05) is 54.9 Å². The molecule has 0 fully saturated rings. The molecule has 5 rings (SSSR count). The van der Waals surface area contributed by atoms with E-state index in [-0.39, 0.29) is 0 Å². The van der Waals surface area contributed by atoms with E-state index in [2.05, 4.69) is 43.8 Å². The maximum atomic E-state index is 5.09. The minimum absolute atomic E-state index is 0.592. The van der Waals surface area contributed by atoms with E-state index in [1.165, 1.54) is 0 Å². The number of methoxy groups -OCH3 is 1. The fourth-order valence-electron chi connectivity index (χ4n) is 3.66. The van der Waals surface area contributed by atoms with E-state index in [9.17, 15) is 0 Å². The lowest BCUT2D eigenvalue weighted by molar-refractivity contribution is 0.211. The van der Waals surface area contributed by atoms with E-state index >= 15 is 0 Å². The highest BCUT2D eigenvalue weighted by Crippen LogP contribution is 2.17. The number of ether oxygens (including phenoxy) is 1. The van der Waals surface area contributed by atoms with Gasteiger partial charge in [0.15, 0.2) is 5.65 Å². The molecule has 0 saturated heterocycles. The first-order valence-corrected chi connectivity index (χ1v) is 10.5. The molecule has 1 aromatic carbocycles. The molecule has 0 atom stereocenters. The Morgan fingerprint density at radius 2 is 1.88 bits per heavy atom. The summed E-state index contributed by atoms with van der Waals surface area (Å²) < 4.78 is 6.93. The number of benzene rings is 1. The molecule has 160 valence electrons. The van der Waals surface area contributed by atoms with Gasteiger partial charge in [-0.2, -0.15) is 0 Å². The van der Waals surface area contributed by atoms with Crippen LogP contribution in [0.15, 0.2) is 67.0 Å². The Morgan fingerprint density at radius 3 is 2.81 bits per heavy atom. The van der Waals surface area contributed by atoms with Crippen LogP contribution in [0.3, 0.4) is 0 Å². The molecule has 8 nitrogen and oxygen atoms in total. The molecule has 0 spiro atoms.